The van der Waals surface area contributed by atoms with E-state index in [0.29, 0.717) is 18.1 Å². The minimum Gasteiger partial charge on any atom is -0.439 e. The Labute approximate surface area is 114 Å². The van der Waals surface area contributed by atoms with E-state index in [-0.39, 0.29) is 5.82 Å². The van der Waals surface area contributed by atoms with Gasteiger partial charge >= 0.3 is 0 Å². The maximum atomic E-state index is 13.0. The maximum Gasteiger partial charge on any atom is 0.219 e. The molecule has 0 atom stereocenters. The van der Waals surface area contributed by atoms with E-state index in [4.69, 9.17) is 9.26 Å². The lowest BCUT2D eigenvalue weighted by Gasteiger charge is -2.05. The highest BCUT2D eigenvalue weighted by Crippen LogP contribution is 2.20. The van der Waals surface area contributed by atoms with Crippen molar-refractivity contribution in [1.82, 2.24) is 10.1 Å². The molecule has 0 saturated heterocycles. The molecule has 0 aliphatic carbocycles. The van der Waals surface area contributed by atoms with E-state index in [0.717, 1.165) is 11.3 Å². The van der Waals surface area contributed by atoms with E-state index < -0.39 is 0 Å². The van der Waals surface area contributed by atoms with Gasteiger partial charge in [-0.15, -0.1) is 0 Å². The molecule has 0 aliphatic rings. The predicted octanol–water partition coefficient (Wildman–Crippen LogP) is 3.59. The quantitative estimate of drug-likeness (QED) is 0.726. The van der Waals surface area contributed by atoms with Crippen LogP contribution in [-0.4, -0.2) is 10.1 Å². The molecular formula is C15H11FN2O2. The molecule has 3 aromatic rings. The molecule has 5 heteroatoms. The second kappa shape index (κ2) is 5.52. The summed E-state index contributed by atoms with van der Waals surface area (Å²) in [6, 6.07) is 11.4. The molecule has 0 N–H and O–H groups in total. The highest BCUT2D eigenvalue weighted by molar-refractivity contribution is 5.29. The van der Waals surface area contributed by atoms with Gasteiger partial charge in [0.1, 0.15) is 17.8 Å². The molecule has 20 heavy (non-hydrogen) atoms. The van der Waals surface area contributed by atoms with Crippen LogP contribution in [-0.2, 0) is 6.42 Å². The highest BCUT2D eigenvalue weighted by atomic mass is 19.1. The minimum absolute atomic E-state index is 0.342. The van der Waals surface area contributed by atoms with Gasteiger partial charge in [-0.2, -0.15) is 0 Å². The first-order valence-electron chi connectivity index (χ1n) is 6.07. The third-order valence-corrected chi connectivity index (χ3v) is 2.69. The Kier molecular flexibility index (Phi) is 3.41. The van der Waals surface area contributed by atoms with Crippen LogP contribution in [0.3, 0.4) is 0 Å². The summed E-state index contributed by atoms with van der Waals surface area (Å²) >= 11 is 0. The first kappa shape index (κ1) is 12.3. The van der Waals surface area contributed by atoms with Crippen LogP contribution >= 0.6 is 0 Å². The Morgan fingerprint density at radius 2 is 2.10 bits per heavy atom. The van der Waals surface area contributed by atoms with Gasteiger partial charge in [-0.1, -0.05) is 17.3 Å². The zero-order valence-electron chi connectivity index (χ0n) is 10.5. The molecule has 2 heterocycles. The third-order valence-electron chi connectivity index (χ3n) is 2.69. The van der Waals surface area contributed by atoms with Crippen molar-refractivity contribution in [3.63, 3.8) is 0 Å². The number of aromatic nitrogens is 2. The molecule has 0 amide bonds. The average molecular weight is 270 g/mol. The van der Waals surface area contributed by atoms with Crippen molar-refractivity contribution in [2.45, 2.75) is 6.42 Å². The van der Waals surface area contributed by atoms with Crippen LogP contribution in [0.1, 0.15) is 11.3 Å². The highest BCUT2D eigenvalue weighted by Gasteiger charge is 2.03. The molecule has 2 aromatic heterocycles. The largest absolute Gasteiger partial charge is 0.439 e. The summed E-state index contributed by atoms with van der Waals surface area (Å²) in [5.74, 6) is 0.492. The van der Waals surface area contributed by atoms with Crippen LogP contribution in [0.15, 0.2) is 59.4 Å². The lowest BCUT2D eigenvalue weighted by molar-refractivity contribution is 0.413. The Hall–Kier alpha value is -2.69. The van der Waals surface area contributed by atoms with Crippen LogP contribution in [0.4, 0.5) is 4.39 Å². The number of hydrogen-bond acceptors (Lipinski definition) is 4. The molecule has 0 spiro atoms. The third kappa shape index (κ3) is 3.00. The summed E-state index contributed by atoms with van der Waals surface area (Å²) in [6.07, 6.45) is 3.87. The molecule has 4 nitrogen and oxygen atoms in total. The minimum atomic E-state index is -0.342. The number of hydrogen-bond donors (Lipinski definition) is 0. The molecular weight excluding hydrogens is 259 g/mol. The van der Waals surface area contributed by atoms with Crippen LogP contribution in [0.25, 0.3) is 0 Å². The zero-order valence-corrected chi connectivity index (χ0v) is 10.5. The van der Waals surface area contributed by atoms with Gasteiger partial charge in [0.2, 0.25) is 5.88 Å². The second-order valence-corrected chi connectivity index (χ2v) is 4.23. The van der Waals surface area contributed by atoms with Crippen LogP contribution < -0.4 is 4.74 Å². The molecule has 0 saturated carbocycles. The number of halogens is 1. The summed E-state index contributed by atoms with van der Waals surface area (Å²) in [6.45, 7) is 0. The van der Waals surface area contributed by atoms with Crippen LogP contribution in [0.5, 0.6) is 11.6 Å². The Morgan fingerprint density at radius 1 is 1.15 bits per heavy atom. The van der Waals surface area contributed by atoms with Gasteiger partial charge in [0.25, 0.3) is 0 Å². The molecule has 0 unspecified atom stereocenters. The maximum absolute atomic E-state index is 13.0. The van der Waals surface area contributed by atoms with Crippen molar-refractivity contribution in [2.75, 3.05) is 0 Å². The summed E-state index contributed by atoms with van der Waals surface area (Å²) in [5, 5.41) is 3.84. The number of pyridine rings is 1. The van der Waals surface area contributed by atoms with Crippen molar-refractivity contribution < 1.29 is 13.7 Å². The second-order valence-electron chi connectivity index (χ2n) is 4.23. The van der Waals surface area contributed by atoms with Crippen molar-refractivity contribution in [1.29, 1.82) is 0 Å². The fourth-order valence-corrected chi connectivity index (χ4v) is 1.76. The van der Waals surface area contributed by atoms with E-state index in [2.05, 4.69) is 10.1 Å². The Bertz CT molecular complexity index is 681. The fourth-order valence-electron chi connectivity index (χ4n) is 1.76. The van der Waals surface area contributed by atoms with Gasteiger partial charge < -0.3 is 9.26 Å². The van der Waals surface area contributed by atoms with Crippen molar-refractivity contribution in [3.05, 3.63) is 72.0 Å². The number of ether oxygens (including phenoxy) is 1. The van der Waals surface area contributed by atoms with Gasteiger partial charge in [-0.25, -0.2) is 9.37 Å². The molecule has 0 radical (unpaired) electrons. The van der Waals surface area contributed by atoms with Gasteiger partial charge in [-0.3, -0.25) is 0 Å². The van der Waals surface area contributed by atoms with Crippen molar-refractivity contribution in [3.8, 4) is 11.6 Å². The molecule has 0 aliphatic heterocycles. The Balaban J connectivity index is 1.70. The van der Waals surface area contributed by atoms with Crippen molar-refractivity contribution in [2.24, 2.45) is 0 Å². The monoisotopic (exact) mass is 270 g/mol. The predicted molar refractivity (Wildman–Crippen MR) is 70.0 cm³/mol. The normalized spacial score (nSPS) is 10.4. The lowest BCUT2D eigenvalue weighted by Crippen LogP contribution is -1.92. The molecule has 0 bridgehead atoms. The number of benzene rings is 1. The molecule has 0 fully saturated rings. The first-order valence-corrected chi connectivity index (χ1v) is 6.07. The SMILES string of the molecule is Fc1cccc(Oc2ccc(Cc3ccon3)cn2)c1. The standard InChI is InChI=1S/C15H11FN2O2/c16-12-2-1-3-14(9-12)20-15-5-4-11(10-17-15)8-13-6-7-19-18-13/h1-7,9-10H,8H2. The van der Waals surface area contributed by atoms with Gasteiger partial charge in [0.15, 0.2) is 0 Å². The Morgan fingerprint density at radius 3 is 2.80 bits per heavy atom. The smallest absolute Gasteiger partial charge is 0.219 e. The summed E-state index contributed by atoms with van der Waals surface area (Å²) in [5.41, 5.74) is 1.83. The van der Waals surface area contributed by atoms with E-state index >= 15 is 0 Å². The van der Waals surface area contributed by atoms with Gasteiger partial charge in [-0.05, 0) is 17.7 Å². The van der Waals surface area contributed by atoms with E-state index in [1.165, 1.54) is 18.4 Å². The number of nitrogens with zero attached hydrogens (tertiary/aromatic N) is 2. The van der Waals surface area contributed by atoms with Crippen LogP contribution in [0, 0.1) is 5.82 Å². The van der Waals surface area contributed by atoms with Gasteiger partial charge in [0.05, 0.1) is 5.69 Å². The molecule has 100 valence electrons. The van der Waals surface area contributed by atoms with E-state index in [9.17, 15) is 4.39 Å². The van der Waals surface area contributed by atoms with E-state index in [1.807, 2.05) is 6.07 Å². The zero-order chi connectivity index (χ0) is 13.8. The fraction of sp³-hybridized carbons (Fsp3) is 0.0667. The number of rotatable bonds is 4. The topological polar surface area (TPSA) is 48.2 Å². The summed E-state index contributed by atoms with van der Waals surface area (Å²) in [4.78, 5) is 4.18. The van der Waals surface area contributed by atoms with E-state index in [1.54, 1.807) is 30.5 Å². The lowest BCUT2D eigenvalue weighted by atomic mass is 10.2. The van der Waals surface area contributed by atoms with Crippen molar-refractivity contribution >= 4 is 0 Å². The van der Waals surface area contributed by atoms with Crippen LogP contribution in [0.2, 0.25) is 0 Å². The summed E-state index contributed by atoms with van der Waals surface area (Å²) < 4.78 is 23.3. The molecule has 1 aromatic carbocycles. The first-order chi connectivity index (χ1) is 9.79. The summed E-state index contributed by atoms with van der Waals surface area (Å²) in [7, 11) is 0. The average Bonchev–Trinajstić information content (AvgIpc) is 2.94. The molecule has 3 rings (SSSR count). The van der Waals surface area contributed by atoms with Gasteiger partial charge in [0, 0.05) is 30.8 Å².